The quantitative estimate of drug-likeness (QED) is 0.433. The number of aliphatic imine (C=N–C) groups is 1. The average molecular weight is 510 g/mol. The molecule has 9 heteroatoms. The van der Waals surface area contributed by atoms with Crippen molar-refractivity contribution in [2.75, 3.05) is 13.7 Å². The monoisotopic (exact) mass is 508 g/mol. The van der Waals surface area contributed by atoms with Crippen molar-refractivity contribution in [2.24, 2.45) is 4.99 Å². The SMILES string of the molecule is CCc1ccc(N=C2NC(=O)/C(=C\c3cc(Cl)c(OCC(=O)OC)c(Br)c3)S2)cc1. The van der Waals surface area contributed by atoms with Gasteiger partial charge in [0.2, 0.25) is 0 Å². The van der Waals surface area contributed by atoms with Crippen LogP contribution in [0.4, 0.5) is 5.69 Å². The van der Waals surface area contributed by atoms with Gasteiger partial charge in [0, 0.05) is 0 Å². The number of ether oxygens (including phenoxy) is 2. The summed E-state index contributed by atoms with van der Waals surface area (Å²) in [5.41, 5.74) is 2.70. The number of nitrogens with zero attached hydrogens (tertiary/aromatic N) is 1. The smallest absolute Gasteiger partial charge is 0.343 e. The van der Waals surface area contributed by atoms with Crippen LogP contribution in [0.15, 0.2) is 50.8 Å². The lowest BCUT2D eigenvalue weighted by atomic mass is 10.2. The van der Waals surface area contributed by atoms with Crippen LogP contribution in [0, 0.1) is 0 Å². The molecule has 1 amide bonds. The molecule has 2 aromatic rings. The fraction of sp³-hybridized carbons (Fsp3) is 0.190. The number of hydrogen-bond acceptors (Lipinski definition) is 6. The van der Waals surface area contributed by atoms with Gasteiger partial charge in [-0.25, -0.2) is 9.79 Å². The van der Waals surface area contributed by atoms with Gasteiger partial charge in [0.05, 0.1) is 27.2 Å². The van der Waals surface area contributed by atoms with Crippen molar-refractivity contribution >= 4 is 68.1 Å². The minimum Gasteiger partial charge on any atom is -0.479 e. The molecule has 1 aliphatic rings. The molecule has 2 aromatic carbocycles. The number of carbonyl (C=O) groups is 2. The first-order chi connectivity index (χ1) is 14.4. The third-order valence-electron chi connectivity index (χ3n) is 4.11. The third-order valence-corrected chi connectivity index (χ3v) is 5.89. The van der Waals surface area contributed by atoms with Gasteiger partial charge >= 0.3 is 5.97 Å². The number of amidine groups is 1. The van der Waals surface area contributed by atoms with Gasteiger partial charge in [-0.15, -0.1) is 0 Å². The van der Waals surface area contributed by atoms with E-state index in [9.17, 15) is 9.59 Å². The van der Waals surface area contributed by atoms with E-state index in [1.54, 1.807) is 18.2 Å². The largest absolute Gasteiger partial charge is 0.479 e. The van der Waals surface area contributed by atoms with E-state index < -0.39 is 5.97 Å². The van der Waals surface area contributed by atoms with Gasteiger partial charge in [-0.3, -0.25) is 4.79 Å². The van der Waals surface area contributed by atoms with Crippen molar-refractivity contribution in [3.05, 3.63) is 61.9 Å². The number of esters is 1. The molecule has 156 valence electrons. The van der Waals surface area contributed by atoms with Crippen molar-refractivity contribution in [3.63, 3.8) is 0 Å². The minimum atomic E-state index is -0.515. The van der Waals surface area contributed by atoms with Crippen molar-refractivity contribution < 1.29 is 19.1 Å². The summed E-state index contributed by atoms with van der Waals surface area (Å²) >= 11 is 10.9. The van der Waals surface area contributed by atoms with Gasteiger partial charge in [-0.2, -0.15) is 0 Å². The standard InChI is InChI=1S/C21H18BrClN2O4S/c1-3-12-4-6-14(7-5-12)24-21-25-20(27)17(30-21)10-13-8-15(22)19(16(23)9-13)29-11-18(26)28-2/h4-10H,3,11H2,1-2H3,(H,24,25,27)/b17-10+. The zero-order valence-corrected chi connectivity index (χ0v) is 19.4. The molecule has 1 heterocycles. The molecule has 1 saturated heterocycles. The maximum atomic E-state index is 12.3. The molecule has 0 aromatic heterocycles. The highest BCUT2D eigenvalue weighted by Gasteiger charge is 2.24. The number of thioether (sulfide) groups is 1. The van der Waals surface area contributed by atoms with Crippen LogP contribution >= 0.6 is 39.3 Å². The molecular formula is C21H18BrClN2O4S. The summed E-state index contributed by atoms with van der Waals surface area (Å²) in [5, 5.41) is 3.58. The minimum absolute atomic E-state index is 0.234. The third kappa shape index (κ3) is 5.65. The van der Waals surface area contributed by atoms with Crippen LogP contribution in [0.25, 0.3) is 6.08 Å². The number of nitrogens with one attached hydrogen (secondary N) is 1. The summed E-state index contributed by atoms with van der Waals surface area (Å²) in [7, 11) is 1.28. The Bertz CT molecular complexity index is 1010. The molecule has 1 N–H and O–H groups in total. The summed E-state index contributed by atoms with van der Waals surface area (Å²) in [6, 6.07) is 11.3. The molecule has 0 bridgehead atoms. The molecular weight excluding hydrogens is 492 g/mol. The number of rotatable bonds is 6. The van der Waals surface area contributed by atoms with E-state index in [0.29, 0.717) is 30.9 Å². The lowest BCUT2D eigenvalue weighted by molar-refractivity contribution is -0.142. The Kier molecular flexibility index (Phi) is 7.58. The summed E-state index contributed by atoms with van der Waals surface area (Å²) in [4.78, 5) is 28.6. The van der Waals surface area contributed by atoms with E-state index in [-0.39, 0.29) is 12.5 Å². The van der Waals surface area contributed by atoms with Crippen LogP contribution in [0.1, 0.15) is 18.1 Å². The first-order valence-corrected chi connectivity index (χ1v) is 11.0. The Morgan fingerprint density at radius 3 is 2.67 bits per heavy atom. The maximum Gasteiger partial charge on any atom is 0.343 e. The van der Waals surface area contributed by atoms with Gasteiger partial charge in [-0.05, 0) is 75.6 Å². The fourth-order valence-electron chi connectivity index (χ4n) is 2.55. The highest BCUT2D eigenvalue weighted by molar-refractivity contribution is 9.10. The summed E-state index contributed by atoms with van der Waals surface area (Å²) in [6.45, 7) is 1.83. The van der Waals surface area contributed by atoms with Crippen molar-refractivity contribution in [1.82, 2.24) is 5.32 Å². The van der Waals surface area contributed by atoms with E-state index in [0.717, 1.165) is 12.1 Å². The van der Waals surface area contributed by atoms with E-state index in [1.807, 2.05) is 24.3 Å². The molecule has 30 heavy (non-hydrogen) atoms. The Morgan fingerprint density at radius 1 is 1.30 bits per heavy atom. The van der Waals surface area contributed by atoms with Gasteiger partial charge < -0.3 is 14.8 Å². The molecule has 3 rings (SSSR count). The van der Waals surface area contributed by atoms with E-state index in [1.165, 1.54) is 24.4 Å². The number of amides is 1. The number of aryl methyl sites for hydroxylation is 1. The van der Waals surface area contributed by atoms with Crippen LogP contribution in [0.5, 0.6) is 5.75 Å². The highest BCUT2D eigenvalue weighted by Crippen LogP contribution is 2.36. The molecule has 0 spiro atoms. The summed E-state index contributed by atoms with van der Waals surface area (Å²) in [5.74, 6) is -0.424. The second kappa shape index (κ2) is 10.1. The second-order valence-corrected chi connectivity index (χ2v) is 8.47. The predicted molar refractivity (Wildman–Crippen MR) is 123 cm³/mol. The molecule has 0 radical (unpaired) electrons. The molecule has 0 atom stereocenters. The topological polar surface area (TPSA) is 77.0 Å². The van der Waals surface area contributed by atoms with Crippen molar-refractivity contribution in [3.8, 4) is 5.75 Å². The molecule has 6 nitrogen and oxygen atoms in total. The van der Waals surface area contributed by atoms with Gasteiger partial charge in [0.15, 0.2) is 17.5 Å². The fourth-order valence-corrected chi connectivity index (χ4v) is 4.38. The van der Waals surface area contributed by atoms with Crippen LogP contribution in [0.3, 0.4) is 0 Å². The predicted octanol–water partition coefficient (Wildman–Crippen LogP) is 5.11. The number of benzene rings is 2. The van der Waals surface area contributed by atoms with Crippen LogP contribution in [0.2, 0.25) is 5.02 Å². The van der Waals surface area contributed by atoms with Gasteiger partial charge in [0.1, 0.15) is 0 Å². The normalized spacial score (nSPS) is 16.1. The zero-order chi connectivity index (χ0) is 21.7. The number of methoxy groups -OCH3 is 1. The molecule has 1 aliphatic heterocycles. The second-order valence-electron chi connectivity index (χ2n) is 6.18. The summed E-state index contributed by atoms with van der Waals surface area (Å²) < 4.78 is 10.5. The van der Waals surface area contributed by atoms with E-state index >= 15 is 0 Å². The number of halogens is 2. The maximum absolute atomic E-state index is 12.3. The molecule has 0 unspecified atom stereocenters. The first kappa shape index (κ1) is 22.4. The zero-order valence-electron chi connectivity index (χ0n) is 16.2. The Labute approximate surface area is 191 Å². The Morgan fingerprint density at radius 2 is 2.03 bits per heavy atom. The number of carbonyl (C=O) groups excluding carboxylic acids is 2. The van der Waals surface area contributed by atoms with Crippen LogP contribution in [-0.4, -0.2) is 30.8 Å². The lowest BCUT2D eigenvalue weighted by Gasteiger charge is -2.10. The lowest BCUT2D eigenvalue weighted by Crippen LogP contribution is -2.19. The Balaban J connectivity index is 1.77. The van der Waals surface area contributed by atoms with E-state index in [4.69, 9.17) is 16.3 Å². The van der Waals surface area contributed by atoms with Crippen molar-refractivity contribution in [1.29, 1.82) is 0 Å². The molecule has 0 aliphatic carbocycles. The molecule has 1 fully saturated rings. The van der Waals surface area contributed by atoms with Crippen LogP contribution in [-0.2, 0) is 20.7 Å². The van der Waals surface area contributed by atoms with Gasteiger partial charge in [-0.1, -0.05) is 30.7 Å². The van der Waals surface area contributed by atoms with Crippen LogP contribution < -0.4 is 10.1 Å². The van der Waals surface area contributed by atoms with Gasteiger partial charge in [0.25, 0.3) is 5.91 Å². The molecule has 0 saturated carbocycles. The summed E-state index contributed by atoms with van der Waals surface area (Å²) in [6.07, 6.45) is 2.67. The average Bonchev–Trinajstić information content (AvgIpc) is 3.06. The highest BCUT2D eigenvalue weighted by atomic mass is 79.9. The van der Waals surface area contributed by atoms with Crippen molar-refractivity contribution in [2.45, 2.75) is 13.3 Å². The Hall–Kier alpha value is -2.29. The number of hydrogen-bond donors (Lipinski definition) is 1. The van der Waals surface area contributed by atoms with E-state index in [2.05, 4.69) is 37.9 Å². The first-order valence-electron chi connectivity index (χ1n) is 8.96.